The van der Waals surface area contributed by atoms with Crippen LogP contribution < -0.4 is 10.6 Å². The molecule has 19 heavy (non-hydrogen) atoms. The van der Waals surface area contributed by atoms with Gasteiger partial charge in [0, 0.05) is 22.4 Å². The Bertz CT molecular complexity index is 484. The van der Waals surface area contributed by atoms with Crippen LogP contribution in [0.2, 0.25) is 0 Å². The van der Waals surface area contributed by atoms with Crippen molar-refractivity contribution in [3.05, 3.63) is 21.9 Å². The van der Waals surface area contributed by atoms with Crippen molar-refractivity contribution >= 4 is 17.4 Å². The lowest BCUT2D eigenvalue weighted by molar-refractivity contribution is 0.188. The third-order valence-electron chi connectivity index (χ3n) is 2.65. The zero-order valence-electron chi connectivity index (χ0n) is 10.4. The molecule has 1 unspecified atom stereocenters. The molecule has 0 aliphatic carbocycles. The average Bonchev–Trinajstić information content (AvgIpc) is 3.05. The summed E-state index contributed by atoms with van der Waals surface area (Å²) >= 11 is 1.53. The summed E-state index contributed by atoms with van der Waals surface area (Å²) in [6.45, 7) is 1.64. The van der Waals surface area contributed by atoms with Crippen molar-refractivity contribution in [3.63, 3.8) is 0 Å². The number of nitrogens with one attached hydrogen (secondary N) is 2. The summed E-state index contributed by atoms with van der Waals surface area (Å²) in [5.74, 6) is 5.42. The molecule has 2 amide bonds. The lowest BCUT2D eigenvalue weighted by atomic mass is 10.3. The van der Waals surface area contributed by atoms with E-state index in [1.54, 1.807) is 0 Å². The van der Waals surface area contributed by atoms with Crippen molar-refractivity contribution < 1.29 is 14.6 Å². The van der Waals surface area contributed by atoms with E-state index in [9.17, 15) is 4.79 Å². The van der Waals surface area contributed by atoms with Crippen molar-refractivity contribution in [2.75, 3.05) is 19.8 Å². The van der Waals surface area contributed by atoms with Crippen LogP contribution in [-0.4, -0.2) is 37.0 Å². The van der Waals surface area contributed by atoms with Gasteiger partial charge in [-0.2, -0.15) is 0 Å². The van der Waals surface area contributed by atoms with Gasteiger partial charge in [-0.1, -0.05) is 11.8 Å². The molecule has 1 aromatic rings. The summed E-state index contributed by atoms with van der Waals surface area (Å²) in [5, 5.41) is 16.2. The van der Waals surface area contributed by atoms with E-state index in [2.05, 4.69) is 22.5 Å². The maximum absolute atomic E-state index is 11.6. The van der Waals surface area contributed by atoms with Gasteiger partial charge in [-0.05, 0) is 12.5 Å². The van der Waals surface area contributed by atoms with E-state index < -0.39 is 0 Å². The first-order valence-corrected chi connectivity index (χ1v) is 6.95. The average molecular weight is 280 g/mol. The van der Waals surface area contributed by atoms with Gasteiger partial charge in [0.05, 0.1) is 19.2 Å². The summed E-state index contributed by atoms with van der Waals surface area (Å²) in [6, 6.07) is 1.85. The van der Waals surface area contributed by atoms with E-state index in [0.29, 0.717) is 19.8 Å². The van der Waals surface area contributed by atoms with Crippen LogP contribution in [0, 0.1) is 11.8 Å². The highest BCUT2D eigenvalue weighted by Gasteiger charge is 2.17. The van der Waals surface area contributed by atoms with E-state index in [4.69, 9.17) is 9.84 Å². The minimum Gasteiger partial charge on any atom is -0.384 e. The van der Waals surface area contributed by atoms with E-state index in [1.807, 2.05) is 11.4 Å². The predicted octanol–water partition coefficient (Wildman–Crippen LogP) is 0.680. The molecular weight excluding hydrogens is 264 g/mol. The number of aliphatic hydroxyl groups is 1. The Morgan fingerprint density at radius 2 is 2.53 bits per heavy atom. The van der Waals surface area contributed by atoms with Gasteiger partial charge < -0.3 is 20.5 Å². The molecule has 1 fully saturated rings. The van der Waals surface area contributed by atoms with Crippen LogP contribution in [0.1, 0.15) is 16.9 Å². The van der Waals surface area contributed by atoms with Crippen LogP contribution in [0.15, 0.2) is 11.4 Å². The number of rotatable bonds is 3. The Balaban J connectivity index is 1.75. The highest BCUT2D eigenvalue weighted by atomic mass is 32.1. The van der Waals surface area contributed by atoms with Gasteiger partial charge in [0.25, 0.3) is 0 Å². The van der Waals surface area contributed by atoms with Gasteiger partial charge in [-0.15, -0.1) is 11.3 Å². The minimum atomic E-state index is -0.174. The Morgan fingerprint density at radius 3 is 3.26 bits per heavy atom. The largest absolute Gasteiger partial charge is 0.384 e. The van der Waals surface area contributed by atoms with Crippen LogP contribution >= 0.6 is 11.3 Å². The van der Waals surface area contributed by atoms with Gasteiger partial charge in [0.15, 0.2) is 0 Å². The Labute approximate surface area is 116 Å². The molecule has 1 aliphatic rings. The van der Waals surface area contributed by atoms with Gasteiger partial charge in [-0.25, -0.2) is 4.79 Å². The van der Waals surface area contributed by atoms with E-state index >= 15 is 0 Å². The molecule has 1 saturated heterocycles. The number of aliphatic hydroxyl groups excluding tert-OH is 1. The van der Waals surface area contributed by atoms with Crippen LogP contribution in [0.4, 0.5) is 4.79 Å². The fraction of sp³-hybridized carbons (Fsp3) is 0.462. The molecule has 0 radical (unpaired) electrons. The SMILES string of the molecule is O=C(NCc1cc(C#CCO)cs1)NC1CCOC1. The summed E-state index contributed by atoms with van der Waals surface area (Å²) in [4.78, 5) is 12.6. The molecule has 1 aliphatic heterocycles. The molecule has 2 rings (SSSR count). The Morgan fingerprint density at radius 1 is 1.63 bits per heavy atom. The van der Waals surface area contributed by atoms with Crippen molar-refractivity contribution in [1.82, 2.24) is 10.6 Å². The van der Waals surface area contributed by atoms with Crippen LogP contribution in [0.25, 0.3) is 0 Å². The molecular formula is C13H16N2O3S. The molecule has 1 atom stereocenters. The number of urea groups is 1. The second-order valence-electron chi connectivity index (χ2n) is 4.15. The van der Waals surface area contributed by atoms with Gasteiger partial charge in [0.1, 0.15) is 6.61 Å². The van der Waals surface area contributed by atoms with Gasteiger partial charge >= 0.3 is 6.03 Å². The fourth-order valence-corrected chi connectivity index (χ4v) is 2.49. The Kier molecular flexibility index (Phi) is 5.21. The topological polar surface area (TPSA) is 70.6 Å². The third-order valence-corrected chi connectivity index (χ3v) is 3.59. The lowest BCUT2D eigenvalue weighted by Gasteiger charge is -2.11. The first kappa shape index (κ1) is 13.9. The maximum Gasteiger partial charge on any atom is 0.315 e. The molecule has 0 saturated carbocycles. The molecule has 3 N–H and O–H groups in total. The van der Waals surface area contributed by atoms with Crippen molar-refractivity contribution in [2.45, 2.75) is 19.0 Å². The third kappa shape index (κ3) is 4.56. The van der Waals surface area contributed by atoms with Crippen molar-refractivity contribution in [3.8, 4) is 11.8 Å². The smallest absolute Gasteiger partial charge is 0.315 e. The number of ether oxygens (including phenoxy) is 1. The molecule has 2 heterocycles. The lowest BCUT2D eigenvalue weighted by Crippen LogP contribution is -2.41. The summed E-state index contributed by atoms with van der Waals surface area (Å²) in [5.41, 5.74) is 0.862. The first-order chi connectivity index (χ1) is 9.28. The van der Waals surface area contributed by atoms with E-state index in [1.165, 1.54) is 11.3 Å². The first-order valence-electron chi connectivity index (χ1n) is 6.07. The highest BCUT2D eigenvalue weighted by Crippen LogP contribution is 2.13. The summed E-state index contributed by atoms with van der Waals surface area (Å²) in [7, 11) is 0. The number of carbonyl (C=O) groups excluding carboxylic acids is 1. The van der Waals surface area contributed by atoms with E-state index in [0.717, 1.165) is 16.9 Å². The summed E-state index contributed by atoms with van der Waals surface area (Å²) in [6.07, 6.45) is 0.868. The zero-order chi connectivity index (χ0) is 13.5. The molecule has 102 valence electrons. The molecule has 5 nitrogen and oxygen atoms in total. The fourth-order valence-electron chi connectivity index (χ4n) is 1.73. The highest BCUT2D eigenvalue weighted by molar-refractivity contribution is 7.10. The number of hydrogen-bond acceptors (Lipinski definition) is 4. The zero-order valence-corrected chi connectivity index (χ0v) is 11.3. The quantitative estimate of drug-likeness (QED) is 0.713. The maximum atomic E-state index is 11.6. The normalized spacial score (nSPS) is 17.6. The minimum absolute atomic E-state index is 0.120. The molecule has 6 heteroatoms. The molecule has 0 spiro atoms. The predicted molar refractivity (Wildman–Crippen MR) is 72.9 cm³/mol. The van der Waals surface area contributed by atoms with E-state index in [-0.39, 0.29) is 18.7 Å². The molecule has 0 aromatic carbocycles. The monoisotopic (exact) mass is 280 g/mol. The number of hydrogen-bond donors (Lipinski definition) is 3. The van der Waals surface area contributed by atoms with Crippen LogP contribution in [-0.2, 0) is 11.3 Å². The molecule has 1 aromatic heterocycles. The Hall–Kier alpha value is -1.55. The number of thiophene rings is 1. The number of amides is 2. The van der Waals surface area contributed by atoms with Gasteiger partial charge in [0.2, 0.25) is 0 Å². The standard InChI is InChI=1S/C13H16N2O3S/c16-4-1-2-10-6-12(19-9-10)7-14-13(17)15-11-3-5-18-8-11/h6,9,11,16H,3-5,7-8H2,(H2,14,15,17). The van der Waals surface area contributed by atoms with Crippen molar-refractivity contribution in [2.24, 2.45) is 0 Å². The molecule has 0 bridgehead atoms. The van der Waals surface area contributed by atoms with Crippen LogP contribution in [0.3, 0.4) is 0 Å². The second kappa shape index (κ2) is 7.14. The van der Waals surface area contributed by atoms with Crippen molar-refractivity contribution in [1.29, 1.82) is 0 Å². The van der Waals surface area contributed by atoms with Gasteiger partial charge in [-0.3, -0.25) is 0 Å². The van der Waals surface area contributed by atoms with Crippen LogP contribution in [0.5, 0.6) is 0 Å². The number of carbonyl (C=O) groups is 1. The second-order valence-corrected chi connectivity index (χ2v) is 5.14. The summed E-state index contributed by atoms with van der Waals surface area (Å²) < 4.78 is 5.19.